The third-order valence-corrected chi connectivity index (χ3v) is 6.10. The molecule has 1 aliphatic heterocycles. The fourth-order valence-electron chi connectivity index (χ4n) is 4.33. The van der Waals surface area contributed by atoms with Crippen molar-refractivity contribution in [3.8, 4) is 17.0 Å². The number of aromatic nitrogens is 1. The van der Waals surface area contributed by atoms with Crippen LogP contribution in [0.3, 0.4) is 0 Å². The van der Waals surface area contributed by atoms with Gasteiger partial charge in [-0.2, -0.15) is 0 Å². The van der Waals surface area contributed by atoms with Crippen molar-refractivity contribution >= 4 is 11.6 Å². The number of para-hydroxylation sites is 2. The van der Waals surface area contributed by atoms with Gasteiger partial charge in [-0.25, -0.2) is 4.98 Å². The van der Waals surface area contributed by atoms with Crippen molar-refractivity contribution in [3.63, 3.8) is 0 Å². The van der Waals surface area contributed by atoms with Crippen LogP contribution in [0.15, 0.2) is 59.0 Å². The Kier molecular flexibility index (Phi) is 8.20. The highest BCUT2D eigenvalue weighted by molar-refractivity contribution is 5.81. The van der Waals surface area contributed by atoms with Gasteiger partial charge in [0.1, 0.15) is 17.2 Å². The second-order valence-corrected chi connectivity index (χ2v) is 8.56. The maximum Gasteiger partial charge on any atom is 0.241 e. The Morgan fingerprint density at radius 2 is 1.85 bits per heavy atom. The molecule has 2 heterocycles. The molecule has 3 aromatic rings. The fraction of sp³-hybridized carbons (Fsp3) is 0.407. The van der Waals surface area contributed by atoms with E-state index in [-0.39, 0.29) is 12.5 Å². The van der Waals surface area contributed by atoms with Gasteiger partial charge in [0.25, 0.3) is 0 Å². The third kappa shape index (κ3) is 5.97. The first-order valence-electron chi connectivity index (χ1n) is 12.1. The number of benzene rings is 2. The lowest BCUT2D eigenvalue weighted by molar-refractivity contribution is -0.129. The van der Waals surface area contributed by atoms with E-state index in [4.69, 9.17) is 14.1 Å². The number of methoxy groups -OCH3 is 1. The van der Waals surface area contributed by atoms with Crippen LogP contribution in [0.25, 0.3) is 11.3 Å². The van der Waals surface area contributed by atoms with Crippen molar-refractivity contribution in [2.75, 3.05) is 45.2 Å². The number of oxazole rings is 1. The molecule has 4 rings (SSSR count). The highest BCUT2D eigenvalue weighted by atomic mass is 16.5. The van der Waals surface area contributed by atoms with Crippen LogP contribution >= 0.6 is 0 Å². The summed E-state index contributed by atoms with van der Waals surface area (Å²) in [4.78, 5) is 22.0. The van der Waals surface area contributed by atoms with Gasteiger partial charge in [0.15, 0.2) is 0 Å². The number of nitrogens with zero attached hydrogens (tertiary/aromatic N) is 3. The summed E-state index contributed by atoms with van der Waals surface area (Å²) in [6.07, 6.45) is 2.81. The Morgan fingerprint density at radius 1 is 1.06 bits per heavy atom. The average molecular weight is 463 g/mol. The van der Waals surface area contributed by atoms with Crippen LogP contribution in [0.1, 0.15) is 31.4 Å². The summed E-state index contributed by atoms with van der Waals surface area (Å²) in [6, 6.07) is 17.9. The average Bonchev–Trinajstić information content (AvgIpc) is 3.11. The standard InChI is InChI=1S/C27H34N4O3/c1-3-10-24-27(21-11-5-4-6-12-21)29-25(34-24)20-30-15-9-16-31(18-17-30)26(32)19-28-22-13-7-8-14-23(22)33-2/h4-8,11-14,28H,3,9-10,15-20H2,1-2H3. The lowest BCUT2D eigenvalue weighted by Crippen LogP contribution is -2.38. The molecule has 1 fully saturated rings. The van der Waals surface area contributed by atoms with Crippen molar-refractivity contribution < 1.29 is 13.9 Å². The monoisotopic (exact) mass is 462 g/mol. The largest absolute Gasteiger partial charge is 0.495 e. The van der Waals surface area contributed by atoms with Crippen LogP contribution in [-0.4, -0.2) is 60.5 Å². The highest BCUT2D eigenvalue weighted by Crippen LogP contribution is 2.26. The van der Waals surface area contributed by atoms with Crippen LogP contribution < -0.4 is 10.1 Å². The predicted molar refractivity (Wildman–Crippen MR) is 134 cm³/mol. The van der Waals surface area contributed by atoms with E-state index in [1.807, 2.05) is 47.4 Å². The zero-order valence-electron chi connectivity index (χ0n) is 20.1. The molecule has 34 heavy (non-hydrogen) atoms. The van der Waals surface area contributed by atoms with E-state index in [1.54, 1.807) is 7.11 Å². The minimum Gasteiger partial charge on any atom is -0.495 e. The van der Waals surface area contributed by atoms with Crippen LogP contribution in [0, 0.1) is 0 Å². The van der Waals surface area contributed by atoms with E-state index in [2.05, 4.69) is 29.3 Å². The Morgan fingerprint density at radius 3 is 2.65 bits per heavy atom. The molecule has 2 aromatic carbocycles. The second-order valence-electron chi connectivity index (χ2n) is 8.56. The van der Waals surface area contributed by atoms with Crippen LogP contribution in [-0.2, 0) is 17.8 Å². The Hall–Kier alpha value is -3.32. The smallest absolute Gasteiger partial charge is 0.241 e. The Balaban J connectivity index is 1.34. The summed E-state index contributed by atoms with van der Waals surface area (Å²) < 4.78 is 11.5. The van der Waals surface area contributed by atoms with E-state index < -0.39 is 0 Å². The molecular formula is C27H34N4O3. The van der Waals surface area contributed by atoms with E-state index in [0.29, 0.717) is 13.1 Å². The SMILES string of the molecule is CCCc1oc(CN2CCCN(C(=O)CNc3ccccc3OC)CC2)nc1-c1ccccc1. The van der Waals surface area contributed by atoms with E-state index in [9.17, 15) is 4.79 Å². The first kappa shape index (κ1) is 23.8. The van der Waals surface area contributed by atoms with Gasteiger partial charge in [0, 0.05) is 38.2 Å². The molecule has 0 saturated carbocycles. The number of carbonyl (C=O) groups is 1. The van der Waals surface area contributed by atoms with Crippen molar-refractivity contribution in [2.24, 2.45) is 0 Å². The summed E-state index contributed by atoms with van der Waals surface area (Å²) >= 11 is 0. The summed E-state index contributed by atoms with van der Waals surface area (Å²) in [5.74, 6) is 2.54. The number of rotatable bonds is 9. The number of ether oxygens (including phenoxy) is 1. The Bertz CT molecular complexity index is 1070. The molecular weight excluding hydrogens is 428 g/mol. The number of carbonyl (C=O) groups excluding carboxylic acids is 1. The quantitative estimate of drug-likeness (QED) is 0.507. The molecule has 1 aromatic heterocycles. The predicted octanol–water partition coefficient (Wildman–Crippen LogP) is 4.45. The molecule has 1 saturated heterocycles. The van der Waals surface area contributed by atoms with Crippen LogP contribution in [0.5, 0.6) is 5.75 Å². The van der Waals surface area contributed by atoms with Gasteiger partial charge in [-0.15, -0.1) is 0 Å². The molecule has 1 aliphatic rings. The summed E-state index contributed by atoms with van der Waals surface area (Å²) in [5.41, 5.74) is 2.87. The lowest BCUT2D eigenvalue weighted by atomic mass is 10.1. The second kappa shape index (κ2) is 11.7. The molecule has 1 N–H and O–H groups in total. The van der Waals surface area contributed by atoms with Gasteiger partial charge in [0.2, 0.25) is 11.8 Å². The highest BCUT2D eigenvalue weighted by Gasteiger charge is 2.22. The number of hydrogen-bond acceptors (Lipinski definition) is 6. The lowest BCUT2D eigenvalue weighted by Gasteiger charge is -2.22. The summed E-state index contributed by atoms with van der Waals surface area (Å²) in [6.45, 7) is 6.22. The van der Waals surface area contributed by atoms with Gasteiger partial charge < -0.3 is 19.4 Å². The third-order valence-electron chi connectivity index (χ3n) is 6.10. The Labute approximate surface area is 201 Å². The van der Waals surface area contributed by atoms with Crippen molar-refractivity contribution in [1.82, 2.24) is 14.8 Å². The molecule has 0 spiro atoms. The van der Waals surface area contributed by atoms with Gasteiger partial charge in [-0.05, 0) is 25.0 Å². The van der Waals surface area contributed by atoms with E-state index >= 15 is 0 Å². The molecule has 0 unspecified atom stereocenters. The minimum absolute atomic E-state index is 0.0977. The molecule has 0 radical (unpaired) electrons. The van der Waals surface area contributed by atoms with Crippen molar-refractivity contribution in [1.29, 1.82) is 0 Å². The zero-order chi connectivity index (χ0) is 23.8. The number of nitrogens with one attached hydrogen (secondary N) is 1. The fourth-order valence-corrected chi connectivity index (χ4v) is 4.33. The molecule has 0 aliphatic carbocycles. The van der Waals surface area contributed by atoms with Gasteiger partial charge >= 0.3 is 0 Å². The topological polar surface area (TPSA) is 70.8 Å². The first-order chi connectivity index (χ1) is 16.7. The normalized spacial score (nSPS) is 14.6. The number of hydrogen-bond donors (Lipinski definition) is 1. The molecule has 180 valence electrons. The number of aryl methyl sites for hydroxylation is 1. The van der Waals surface area contributed by atoms with Gasteiger partial charge in [-0.3, -0.25) is 9.69 Å². The first-order valence-corrected chi connectivity index (χ1v) is 12.1. The van der Waals surface area contributed by atoms with Crippen LogP contribution in [0.4, 0.5) is 5.69 Å². The summed E-state index contributed by atoms with van der Waals surface area (Å²) in [5, 5.41) is 3.21. The van der Waals surface area contributed by atoms with E-state index in [0.717, 1.165) is 73.2 Å². The number of anilines is 1. The van der Waals surface area contributed by atoms with Crippen molar-refractivity contribution in [3.05, 3.63) is 66.2 Å². The maximum absolute atomic E-state index is 12.8. The molecule has 1 amide bonds. The van der Waals surface area contributed by atoms with Gasteiger partial charge in [-0.1, -0.05) is 49.4 Å². The van der Waals surface area contributed by atoms with Gasteiger partial charge in [0.05, 0.1) is 25.9 Å². The molecule has 0 atom stereocenters. The molecule has 7 nitrogen and oxygen atoms in total. The summed E-state index contributed by atoms with van der Waals surface area (Å²) in [7, 11) is 1.63. The zero-order valence-corrected chi connectivity index (χ0v) is 20.1. The molecule has 0 bridgehead atoms. The van der Waals surface area contributed by atoms with Crippen molar-refractivity contribution in [2.45, 2.75) is 32.7 Å². The number of amides is 1. The minimum atomic E-state index is 0.0977. The van der Waals surface area contributed by atoms with Crippen LogP contribution in [0.2, 0.25) is 0 Å². The maximum atomic E-state index is 12.8. The van der Waals surface area contributed by atoms with E-state index in [1.165, 1.54) is 0 Å². The molecule has 7 heteroatoms.